The summed E-state index contributed by atoms with van der Waals surface area (Å²) < 4.78 is 0. The Balaban J connectivity index is 2.31. The van der Waals surface area contributed by atoms with Crippen molar-refractivity contribution in [3.05, 3.63) is 0 Å². The molecule has 1 rings (SSSR count). The predicted molar refractivity (Wildman–Crippen MR) is 38.1 cm³/mol. The summed E-state index contributed by atoms with van der Waals surface area (Å²) in [5, 5.41) is 4.23. The van der Waals surface area contributed by atoms with Gasteiger partial charge in [0.2, 0.25) is 0 Å². The molecule has 0 saturated carbocycles. The van der Waals surface area contributed by atoms with E-state index < -0.39 is 0 Å². The van der Waals surface area contributed by atoms with E-state index in [0.717, 1.165) is 13.2 Å². The van der Waals surface area contributed by atoms with Crippen molar-refractivity contribution in [1.29, 1.82) is 0 Å². The molecule has 9 heavy (non-hydrogen) atoms. The van der Waals surface area contributed by atoms with Crippen molar-refractivity contribution in [3.8, 4) is 0 Å². The molecule has 0 saturated heterocycles. The van der Waals surface area contributed by atoms with Crippen molar-refractivity contribution in [2.45, 2.75) is 13.3 Å². The largest absolute Gasteiger partial charge is 0.294 e. The van der Waals surface area contributed by atoms with Gasteiger partial charge in [0.25, 0.3) is 0 Å². The number of nitrogens with zero attached hydrogens (tertiary/aromatic N) is 3. The summed E-state index contributed by atoms with van der Waals surface area (Å²) in [5.41, 5.74) is 0. The first kappa shape index (κ1) is 6.55. The molecule has 0 atom stereocenters. The van der Waals surface area contributed by atoms with Gasteiger partial charge < -0.3 is 0 Å². The minimum absolute atomic E-state index is 0.819. The van der Waals surface area contributed by atoms with E-state index in [2.05, 4.69) is 21.9 Å². The third-order valence-electron chi connectivity index (χ3n) is 1.39. The van der Waals surface area contributed by atoms with E-state index in [1.807, 2.05) is 13.4 Å². The molecule has 52 valence electrons. The second-order valence-electron chi connectivity index (χ2n) is 2.26. The maximum Gasteiger partial charge on any atom is 0.110 e. The Hall–Kier alpha value is -0.570. The third kappa shape index (κ3) is 1.42. The molecule has 0 aromatic carbocycles. The standard InChI is InChI=1S/C6H13N3/c1-3-4-9-6-7-5-8(9)2/h6H,3-5H2,1-2H3. The van der Waals surface area contributed by atoms with Crippen LogP contribution in [-0.2, 0) is 0 Å². The second kappa shape index (κ2) is 2.82. The highest BCUT2D eigenvalue weighted by atomic mass is 15.7. The molecule has 0 bridgehead atoms. The number of hydrogen-bond donors (Lipinski definition) is 0. The first-order valence-corrected chi connectivity index (χ1v) is 3.32. The van der Waals surface area contributed by atoms with Crippen molar-refractivity contribution in [3.63, 3.8) is 0 Å². The van der Waals surface area contributed by atoms with Crippen LogP contribution in [0.3, 0.4) is 0 Å². The molecule has 1 aliphatic rings. The topological polar surface area (TPSA) is 18.8 Å². The monoisotopic (exact) mass is 127 g/mol. The second-order valence-corrected chi connectivity index (χ2v) is 2.26. The molecule has 0 aliphatic carbocycles. The van der Waals surface area contributed by atoms with Gasteiger partial charge in [0.15, 0.2) is 0 Å². The maximum absolute atomic E-state index is 4.09. The highest BCUT2D eigenvalue weighted by Gasteiger charge is 2.09. The average molecular weight is 127 g/mol. The summed E-state index contributed by atoms with van der Waals surface area (Å²) in [7, 11) is 2.04. The lowest BCUT2D eigenvalue weighted by Crippen LogP contribution is -2.34. The van der Waals surface area contributed by atoms with Crippen molar-refractivity contribution < 1.29 is 0 Å². The minimum atomic E-state index is 0.819. The normalized spacial score (nSPS) is 19.6. The van der Waals surface area contributed by atoms with E-state index in [0.29, 0.717) is 0 Å². The van der Waals surface area contributed by atoms with Gasteiger partial charge in [-0.15, -0.1) is 0 Å². The van der Waals surface area contributed by atoms with E-state index >= 15 is 0 Å². The van der Waals surface area contributed by atoms with Gasteiger partial charge in [0.1, 0.15) is 13.0 Å². The van der Waals surface area contributed by atoms with Gasteiger partial charge in [-0.1, -0.05) is 6.92 Å². The van der Waals surface area contributed by atoms with Crippen molar-refractivity contribution in [2.24, 2.45) is 4.99 Å². The highest BCUT2D eigenvalue weighted by molar-refractivity contribution is 5.55. The lowest BCUT2D eigenvalue weighted by Gasteiger charge is -2.21. The molecule has 0 aromatic rings. The Kier molecular flexibility index (Phi) is 2.05. The highest BCUT2D eigenvalue weighted by Crippen LogP contribution is 1.99. The van der Waals surface area contributed by atoms with Crippen LogP contribution in [0, 0.1) is 0 Å². The molecule has 0 spiro atoms. The smallest absolute Gasteiger partial charge is 0.110 e. The van der Waals surface area contributed by atoms with Crippen molar-refractivity contribution in [1.82, 2.24) is 10.0 Å². The SMILES string of the molecule is CCCN1C=NCN1C. The molecule has 1 heterocycles. The predicted octanol–water partition coefficient (Wildman–Crippen LogP) is 0.545. The Morgan fingerprint density at radius 1 is 1.67 bits per heavy atom. The van der Waals surface area contributed by atoms with Crippen LogP contribution in [0.15, 0.2) is 4.99 Å². The van der Waals surface area contributed by atoms with E-state index in [-0.39, 0.29) is 0 Å². The molecule has 0 radical (unpaired) electrons. The van der Waals surface area contributed by atoms with Crippen LogP contribution in [-0.4, -0.2) is 36.6 Å². The summed E-state index contributed by atoms with van der Waals surface area (Å²) in [5.74, 6) is 0. The van der Waals surface area contributed by atoms with Gasteiger partial charge in [-0.2, -0.15) is 0 Å². The zero-order valence-corrected chi connectivity index (χ0v) is 6.04. The van der Waals surface area contributed by atoms with Crippen LogP contribution >= 0.6 is 0 Å². The first-order valence-electron chi connectivity index (χ1n) is 3.32. The minimum Gasteiger partial charge on any atom is -0.294 e. The van der Waals surface area contributed by atoms with Crippen molar-refractivity contribution in [2.75, 3.05) is 20.3 Å². The Morgan fingerprint density at radius 3 is 2.89 bits per heavy atom. The van der Waals surface area contributed by atoms with Gasteiger partial charge in [-0.25, -0.2) is 5.01 Å². The van der Waals surface area contributed by atoms with Crippen LogP contribution in [0.2, 0.25) is 0 Å². The molecule has 0 fully saturated rings. The Morgan fingerprint density at radius 2 is 2.44 bits per heavy atom. The number of aliphatic imine (C=N–C) groups is 1. The fourth-order valence-electron chi connectivity index (χ4n) is 0.876. The lowest BCUT2D eigenvalue weighted by molar-refractivity contribution is 0.109. The Bertz CT molecular complexity index is 111. The van der Waals surface area contributed by atoms with E-state index in [1.54, 1.807) is 0 Å². The van der Waals surface area contributed by atoms with Crippen molar-refractivity contribution >= 4 is 6.34 Å². The molecule has 3 heteroatoms. The van der Waals surface area contributed by atoms with Crippen LogP contribution in [0.25, 0.3) is 0 Å². The lowest BCUT2D eigenvalue weighted by atomic mass is 10.5. The van der Waals surface area contributed by atoms with Crippen LogP contribution in [0.4, 0.5) is 0 Å². The summed E-state index contributed by atoms with van der Waals surface area (Å²) in [6, 6.07) is 0. The number of hydrogen-bond acceptors (Lipinski definition) is 3. The molecule has 0 amide bonds. The van der Waals surface area contributed by atoms with Gasteiger partial charge >= 0.3 is 0 Å². The fourth-order valence-corrected chi connectivity index (χ4v) is 0.876. The van der Waals surface area contributed by atoms with Crippen LogP contribution in [0.5, 0.6) is 0 Å². The van der Waals surface area contributed by atoms with Crippen LogP contribution in [0.1, 0.15) is 13.3 Å². The summed E-state index contributed by atoms with van der Waals surface area (Å²) >= 11 is 0. The number of rotatable bonds is 2. The molecule has 0 N–H and O–H groups in total. The third-order valence-corrected chi connectivity index (χ3v) is 1.39. The molecule has 3 nitrogen and oxygen atoms in total. The van der Waals surface area contributed by atoms with Gasteiger partial charge in [0, 0.05) is 13.6 Å². The summed E-state index contributed by atoms with van der Waals surface area (Å²) in [4.78, 5) is 4.09. The average Bonchev–Trinajstić information content (AvgIpc) is 2.18. The van der Waals surface area contributed by atoms with E-state index in [9.17, 15) is 0 Å². The summed E-state index contributed by atoms with van der Waals surface area (Å²) in [6.07, 6.45) is 3.07. The zero-order valence-electron chi connectivity index (χ0n) is 6.04. The van der Waals surface area contributed by atoms with Gasteiger partial charge in [-0.3, -0.25) is 10.0 Å². The molecular formula is C6H13N3. The number of hydrazine groups is 1. The fraction of sp³-hybridized carbons (Fsp3) is 0.833. The van der Waals surface area contributed by atoms with E-state index in [4.69, 9.17) is 0 Å². The maximum atomic E-state index is 4.09. The summed E-state index contributed by atoms with van der Waals surface area (Å²) in [6.45, 7) is 4.07. The first-order chi connectivity index (χ1) is 4.34. The molecule has 1 aliphatic heterocycles. The molecule has 0 aromatic heterocycles. The van der Waals surface area contributed by atoms with Gasteiger partial charge in [0.05, 0.1) is 0 Å². The van der Waals surface area contributed by atoms with Crippen LogP contribution < -0.4 is 0 Å². The van der Waals surface area contributed by atoms with E-state index in [1.165, 1.54) is 6.42 Å². The van der Waals surface area contributed by atoms with Gasteiger partial charge in [-0.05, 0) is 6.42 Å². The quantitative estimate of drug-likeness (QED) is 0.539. The molecular weight excluding hydrogens is 114 g/mol. The zero-order chi connectivity index (χ0) is 6.69. The Labute approximate surface area is 55.9 Å². The molecule has 0 unspecified atom stereocenters.